The van der Waals surface area contributed by atoms with Crippen LogP contribution in [0, 0.1) is 0 Å². The number of thiophene rings is 1. The molecule has 1 saturated heterocycles. The van der Waals surface area contributed by atoms with Crippen LogP contribution in [-0.4, -0.2) is 65.6 Å². The number of anilines is 1. The topological polar surface area (TPSA) is 114 Å². The number of aromatic nitrogens is 3. The number of fused-ring (bicyclic) bond motifs is 1. The van der Waals surface area contributed by atoms with Crippen LogP contribution in [-0.2, 0) is 21.1 Å². The number of rotatable bonds is 10. The third-order valence-corrected chi connectivity index (χ3v) is 9.87. The molecule has 198 valence electrons. The number of hydrogen-bond acceptors (Lipinski definition) is 9. The van der Waals surface area contributed by atoms with Gasteiger partial charge in [-0.2, -0.15) is 0 Å². The quantitative estimate of drug-likeness (QED) is 0.307. The van der Waals surface area contributed by atoms with Crippen molar-refractivity contribution in [2.45, 2.75) is 23.5 Å². The second-order valence-electron chi connectivity index (χ2n) is 9.18. The minimum atomic E-state index is -3.75. The minimum Gasteiger partial charge on any atom is -0.384 e. The summed E-state index contributed by atoms with van der Waals surface area (Å²) in [5.41, 5.74) is 1.80. The third-order valence-electron chi connectivity index (χ3n) is 6.38. The van der Waals surface area contributed by atoms with Crippen LogP contribution >= 0.6 is 22.9 Å². The number of nitrogens with zero attached hydrogens (tertiary/aromatic N) is 4. The Labute approximate surface area is 229 Å². The molecule has 1 fully saturated rings. The molecule has 0 spiro atoms. The molecule has 1 N–H and O–H groups in total. The number of likely N-dealkylation sites (tertiary alicyclic amines) is 1. The Kier molecular flexibility index (Phi) is 7.89. The Balaban J connectivity index is 1.24. The fraction of sp³-hybridized carbons (Fsp3) is 0.308. The van der Waals surface area contributed by atoms with Gasteiger partial charge in [-0.05, 0) is 67.9 Å². The van der Waals surface area contributed by atoms with E-state index >= 15 is 0 Å². The first-order chi connectivity index (χ1) is 18.3. The highest BCUT2D eigenvalue weighted by atomic mass is 35.5. The first-order valence-corrected chi connectivity index (χ1v) is 15.1. The molecule has 38 heavy (non-hydrogen) atoms. The van der Waals surface area contributed by atoms with E-state index in [0.29, 0.717) is 26.6 Å². The van der Waals surface area contributed by atoms with Gasteiger partial charge in [0.2, 0.25) is 0 Å². The van der Waals surface area contributed by atoms with Crippen molar-refractivity contribution in [1.29, 1.82) is 0 Å². The van der Waals surface area contributed by atoms with Crippen molar-refractivity contribution in [3.63, 3.8) is 0 Å². The van der Waals surface area contributed by atoms with Crippen molar-refractivity contribution in [1.82, 2.24) is 19.4 Å². The van der Waals surface area contributed by atoms with Crippen LogP contribution < -0.4 is 10.9 Å². The number of hydrogen-bond donors (Lipinski definition) is 1. The largest absolute Gasteiger partial charge is 0.384 e. The van der Waals surface area contributed by atoms with Crippen LogP contribution in [0.3, 0.4) is 0 Å². The zero-order valence-corrected chi connectivity index (χ0v) is 22.9. The zero-order chi connectivity index (χ0) is 26.7. The number of benzene rings is 1. The van der Waals surface area contributed by atoms with Gasteiger partial charge in [-0.25, -0.2) is 18.4 Å². The minimum absolute atomic E-state index is 0.0671. The first kappa shape index (κ1) is 26.5. The Hall–Kier alpha value is -3.12. The average molecular weight is 572 g/mol. The fourth-order valence-electron chi connectivity index (χ4n) is 4.45. The van der Waals surface area contributed by atoms with Crippen molar-refractivity contribution in [2.75, 3.05) is 37.2 Å². The smallest absolute Gasteiger partial charge is 0.266 e. The second kappa shape index (κ2) is 11.3. The van der Waals surface area contributed by atoms with Gasteiger partial charge in [-0.3, -0.25) is 14.2 Å². The summed E-state index contributed by atoms with van der Waals surface area (Å²) in [7, 11) is -3.75. The highest BCUT2D eigenvalue weighted by Gasteiger charge is 2.21. The van der Waals surface area contributed by atoms with Gasteiger partial charge >= 0.3 is 0 Å². The summed E-state index contributed by atoms with van der Waals surface area (Å²) in [6.07, 6.45) is 5.33. The highest BCUT2D eigenvalue weighted by molar-refractivity contribution is 7.94. The van der Waals surface area contributed by atoms with Gasteiger partial charge in [0.15, 0.2) is 15.6 Å². The molecule has 9 nitrogen and oxygen atoms in total. The Morgan fingerprint density at radius 2 is 1.89 bits per heavy atom. The lowest BCUT2D eigenvalue weighted by molar-refractivity contribution is -0.116. The lowest BCUT2D eigenvalue weighted by atomic mass is 10.1. The number of halogens is 1. The van der Waals surface area contributed by atoms with Crippen LogP contribution in [0.4, 0.5) is 5.69 Å². The van der Waals surface area contributed by atoms with Crippen molar-refractivity contribution < 1.29 is 13.2 Å². The second-order valence-corrected chi connectivity index (χ2v) is 13.1. The van der Waals surface area contributed by atoms with Gasteiger partial charge in [-0.1, -0.05) is 17.7 Å². The van der Waals surface area contributed by atoms with Gasteiger partial charge in [0.25, 0.3) is 5.56 Å². The Morgan fingerprint density at radius 1 is 1.08 bits per heavy atom. The molecule has 0 unspecified atom stereocenters. The number of pyridine rings is 1. The molecule has 4 aromatic rings. The number of carbonyl (C=O) groups is 1. The summed E-state index contributed by atoms with van der Waals surface area (Å²) in [4.78, 5) is 36.7. The predicted octanol–water partition coefficient (Wildman–Crippen LogP) is 3.59. The molecule has 1 aliphatic rings. The molecular formula is C26H26ClN5O4S2. The van der Waals surface area contributed by atoms with Crippen molar-refractivity contribution in [3.05, 3.63) is 75.2 Å². The number of ketones is 1. The van der Waals surface area contributed by atoms with Gasteiger partial charge in [0.05, 0.1) is 15.2 Å². The highest BCUT2D eigenvalue weighted by Crippen LogP contribution is 2.26. The summed E-state index contributed by atoms with van der Waals surface area (Å²) in [5.74, 6) is -0.720. The average Bonchev–Trinajstić information content (AvgIpc) is 3.57. The molecule has 0 amide bonds. The van der Waals surface area contributed by atoms with E-state index in [4.69, 9.17) is 11.6 Å². The van der Waals surface area contributed by atoms with Crippen LogP contribution in [0.2, 0.25) is 4.34 Å². The molecule has 5 rings (SSSR count). The molecule has 0 atom stereocenters. The summed E-state index contributed by atoms with van der Waals surface area (Å²) < 4.78 is 26.6. The first-order valence-electron chi connectivity index (χ1n) is 12.2. The number of Topliss-reactive ketones (excluding diaryl/α,β-unsaturated/α-hetero) is 1. The lowest BCUT2D eigenvalue weighted by Gasteiger charge is -2.15. The summed E-state index contributed by atoms with van der Waals surface area (Å²) in [6.45, 7) is 4.12. The molecule has 1 aromatic carbocycles. The van der Waals surface area contributed by atoms with Gasteiger partial charge in [0.1, 0.15) is 22.1 Å². The number of nitrogens with one attached hydrogen (secondary N) is 1. The van der Waals surface area contributed by atoms with Crippen molar-refractivity contribution in [3.8, 4) is 5.82 Å². The standard InChI is InChI=1S/C26H26ClN5O4S2/c27-23-6-8-25(37-23)38(35,36)16-20(33)13-18-3-7-24(29-15-18)32-17-30-22-14-19(4-5-21(22)26(32)34)28-9-12-31-10-1-2-11-31/h3-8,14-15,17,28H,1-2,9-13,16H2. The molecule has 3 aromatic heterocycles. The van der Waals surface area contributed by atoms with Gasteiger partial charge < -0.3 is 10.2 Å². The van der Waals surface area contributed by atoms with E-state index < -0.39 is 21.4 Å². The van der Waals surface area contributed by atoms with Crippen LogP contribution in [0.15, 0.2) is 64.0 Å². The number of sulfone groups is 1. The normalized spacial score (nSPS) is 14.2. The van der Waals surface area contributed by atoms with Gasteiger partial charge in [0, 0.05) is 31.4 Å². The molecule has 0 bridgehead atoms. The number of carbonyl (C=O) groups excluding carboxylic acids is 1. The van der Waals surface area contributed by atoms with Crippen LogP contribution in [0.25, 0.3) is 16.7 Å². The Bertz CT molecular complexity index is 1630. The van der Waals surface area contributed by atoms with Gasteiger partial charge in [-0.15, -0.1) is 11.3 Å². The maximum atomic E-state index is 13.1. The van der Waals surface area contributed by atoms with E-state index in [1.165, 1.54) is 42.1 Å². The molecule has 0 saturated carbocycles. The molecular weight excluding hydrogens is 546 g/mol. The predicted molar refractivity (Wildman–Crippen MR) is 149 cm³/mol. The maximum Gasteiger partial charge on any atom is 0.266 e. The summed E-state index contributed by atoms with van der Waals surface area (Å²) >= 11 is 6.74. The molecule has 12 heteroatoms. The fourth-order valence-corrected chi connectivity index (χ4v) is 7.26. The van der Waals surface area contributed by atoms with Crippen molar-refractivity contribution >= 4 is 55.1 Å². The van der Waals surface area contributed by atoms with E-state index in [0.717, 1.165) is 43.2 Å². The monoisotopic (exact) mass is 571 g/mol. The molecule has 1 aliphatic heterocycles. The van der Waals surface area contributed by atoms with E-state index in [1.54, 1.807) is 18.2 Å². The van der Waals surface area contributed by atoms with Crippen molar-refractivity contribution in [2.24, 2.45) is 0 Å². The third kappa shape index (κ3) is 6.12. The zero-order valence-electron chi connectivity index (χ0n) is 20.5. The molecule has 0 radical (unpaired) electrons. The lowest BCUT2D eigenvalue weighted by Crippen LogP contribution is -2.26. The van der Waals surface area contributed by atoms with E-state index in [-0.39, 0.29) is 16.2 Å². The molecule has 4 heterocycles. The van der Waals surface area contributed by atoms with E-state index in [1.807, 2.05) is 12.1 Å². The van der Waals surface area contributed by atoms with Crippen LogP contribution in [0.1, 0.15) is 18.4 Å². The molecule has 0 aliphatic carbocycles. The Morgan fingerprint density at radius 3 is 2.61 bits per heavy atom. The summed E-state index contributed by atoms with van der Waals surface area (Å²) in [6, 6.07) is 11.6. The van der Waals surface area contributed by atoms with Crippen LogP contribution in [0.5, 0.6) is 0 Å². The van der Waals surface area contributed by atoms with E-state index in [9.17, 15) is 18.0 Å². The summed E-state index contributed by atoms with van der Waals surface area (Å²) in [5, 5.41) is 3.87. The maximum absolute atomic E-state index is 13.1. The SMILES string of the molecule is O=C(Cc1ccc(-n2cnc3cc(NCCN4CCCC4)ccc3c2=O)nc1)CS(=O)(=O)c1ccc(Cl)s1. The van der Waals surface area contributed by atoms with E-state index in [2.05, 4.69) is 20.2 Å².